The number of hydrogen-bond donors (Lipinski definition) is 2. The van der Waals surface area contributed by atoms with Gasteiger partial charge in [0.2, 0.25) is 17.8 Å². The molecule has 1 rings (SSSR count). The lowest BCUT2D eigenvalue weighted by Gasteiger charge is -2.19. The third kappa shape index (κ3) is 5.06. The van der Waals surface area contributed by atoms with Crippen LogP contribution in [0.15, 0.2) is 0 Å². The van der Waals surface area contributed by atoms with Crippen LogP contribution in [0.2, 0.25) is 0 Å². The van der Waals surface area contributed by atoms with Crippen molar-refractivity contribution < 1.29 is 13.2 Å². The third-order valence-corrected chi connectivity index (χ3v) is 2.45. The molecule has 0 aliphatic carbocycles. The van der Waals surface area contributed by atoms with E-state index in [0.29, 0.717) is 25.6 Å². The molecule has 1 aromatic rings. The van der Waals surface area contributed by atoms with Crippen LogP contribution in [0, 0.1) is 0 Å². The van der Waals surface area contributed by atoms with Gasteiger partial charge in [0.15, 0.2) is 0 Å². The van der Waals surface area contributed by atoms with Crippen LogP contribution in [0.1, 0.15) is 20.8 Å². The van der Waals surface area contributed by atoms with Gasteiger partial charge < -0.3 is 15.5 Å². The number of nitrogens with one attached hydrogen (secondary N) is 2. The van der Waals surface area contributed by atoms with Gasteiger partial charge in [0.05, 0.1) is 0 Å². The van der Waals surface area contributed by atoms with Gasteiger partial charge in [0.25, 0.3) is 0 Å². The molecule has 0 amide bonds. The molecular weight excluding hydrogens is 273 g/mol. The van der Waals surface area contributed by atoms with Crippen LogP contribution in [-0.4, -0.2) is 47.3 Å². The molecule has 0 aliphatic heterocycles. The number of hydrogen-bond acceptors (Lipinski definition) is 6. The highest BCUT2D eigenvalue weighted by atomic mass is 19.4. The van der Waals surface area contributed by atoms with Gasteiger partial charge in [0, 0.05) is 19.6 Å². The van der Waals surface area contributed by atoms with E-state index < -0.39 is 12.7 Å². The maximum Gasteiger partial charge on any atom is 0.405 e. The van der Waals surface area contributed by atoms with E-state index in [-0.39, 0.29) is 11.9 Å². The van der Waals surface area contributed by atoms with E-state index in [1.807, 2.05) is 25.7 Å². The van der Waals surface area contributed by atoms with Gasteiger partial charge in [0.1, 0.15) is 6.54 Å². The fourth-order valence-corrected chi connectivity index (χ4v) is 1.51. The number of alkyl halides is 3. The molecule has 0 aliphatic rings. The summed E-state index contributed by atoms with van der Waals surface area (Å²) in [7, 11) is 0. The Hall–Kier alpha value is -1.80. The van der Waals surface area contributed by atoms with Crippen molar-refractivity contribution in [3.05, 3.63) is 0 Å². The zero-order valence-electron chi connectivity index (χ0n) is 11.8. The van der Waals surface area contributed by atoms with Gasteiger partial charge in [-0.3, -0.25) is 0 Å². The van der Waals surface area contributed by atoms with E-state index >= 15 is 0 Å². The molecule has 1 heterocycles. The SMILES string of the molecule is CCNc1nc(NCC(F)(F)F)nc(N(CC)CC)n1. The van der Waals surface area contributed by atoms with E-state index in [0.717, 1.165) is 0 Å². The maximum absolute atomic E-state index is 12.2. The van der Waals surface area contributed by atoms with Gasteiger partial charge in [-0.1, -0.05) is 0 Å². The topological polar surface area (TPSA) is 66.0 Å². The molecule has 0 saturated carbocycles. The summed E-state index contributed by atoms with van der Waals surface area (Å²) >= 11 is 0. The standard InChI is InChI=1S/C11H19F3N6/c1-4-15-8-17-9(16-7-11(12,13)14)19-10(18-8)20(5-2)6-3/h4-7H2,1-3H3,(H2,15,16,17,18,19). The first-order valence-electron chi connectivity index (χ1n) is 6.45. The second-order valence-electron chi connectivity index (χ2n) is 3.95. The van der Waals surface area contributed by atoms with Crippen molar-refractivity contribution >= 4 is 17.8 Å². The molecule has 0 atom stereocenters. The second-order valence-corrected chi connectivity index (χ2v) is 3.95. The maximum atomic E-state index is 12.2. The summed E-state index contributed by atoms with van der Waals surface area (Å²) in [6.07, 6.45) is -4.32. The molecule has 0 spiro atoms. The lowest BCUT2D eigenvalue weighted by molar-refractivity contribution is -0.115. The number of anilines is 3. The van der Waals surface area contributed by atoms with Crippen molar-refractivity contribution in [1.82, 2.24) is 15.0 Å². The van der Waals surface area contributed by atoms with Crippen molar-refractivity contribution in [3.8, 4) is 0 Å². The Morgan fingerprint density at radius 3 is 1.95 bits per heavy atom. The molecule has 0 aromatic carbocycles. The van der Waals surface area contributed by atoms with Gasteiger partial charge in [-0.25, -0.2) is 0 Å². The molecule has 2 N–H and O–H groups in total. The molecule has 0 fully saturated rings. The molecule has 9 heteroatoms. The minimum atomic E-state index is -4.32. The Morgan fingerprint density at radius 2 is 1.50 bits per heavy atom. The molecule has 1 aromatic heterocycles. The van der Waals surface area contributed by atoms with E-state index in [1.165, 1.54) is 0 Å². The van der Waals surface area contributed by atoms with Crippen molar-refractivity contribution in [2.75, 3.05) is 41.7 Å². The summed E-state index contributed by atoms with van der Waals surface area (Å²) in [4.78, 5) is 13.9. The van der Waals surface area contributed by atoms with Crippen molar-refractivity contribution in [2.45, 2.75) is 26.9 Å². The highest BCUT2D eigenvalue weighted by molar-refractivity contribution is 5.43. The van der Waals surface area contributed by atoms with E-state index in [4.69, 9.17) is 0 Å². The first kappa shape index (κ1) is 16.3. The minimum Gasteiger partial charge on any atom is -0.354 e. The lowest BCUT2D eigenvalue weighted by atomic mass is 10.5. The van der Waals surface area contributed by atoms with Crippen molar-refractivity contribution in [1.29, 1.82) is 0 Å². The molecule has 114 valence electrons. The van der Waals surface area contributed by atoms with Gasteiger partial charge in [-0.05, 0) is 20.8 Å². The Labute approximate surface area is 115 Å². The Bertz CT molecular complexity index is 419. The fourth-order valence-electron chi connectivity index (χ4n) is 1.51. The monoisotopic (exact) mass is 292 g/mol. The number of halogens is 3. The Morgan fingerprint density at radius 1 is 0.950 bits per heavy atom. The number of aromatic nitrogens is 3. The van der Waals surface area contributed by atoms with Crippen molar-refractivity contribution in [3.63, 3.8) is 0 Å². The summed E-state index contributed by atoms with van der Waals surface area (Å²) in [6.45, 7) is 6.39. The first-order valence-corrected chi connectivity index (χ1v) is 6.45. The summed E-state index contributed by atoms with van der Waals surface area (Å²) in [6, 6.07) is 0. The fraction of sp³-hybridized carbons (Fsp3) is 0.727. The third-order valence-electron chi connectivity index (χ3n) is 2.45. The van der Waals surface area contributed by atoms with Gasteiger partial charge in [-0.15, -0.1) is 0 Å². The molecule has 6 nitrogen and oxygen atoms in total. The molecule has 20 heavy (non-hydrogen) atoms. The predicted molar refractivity (Wildman–Crippen MR) is 72.1 cm³/mol. The summed E-state index contributed by atoms with van der Waals surface area (Å²) in [5.74, 6) is 0.523. The van der Waals surface area contributed by atoms with Crippen LogP contribution in [0.3, 0.4) is 0 Å². The van der Waals surface area contributed by atoms with E-state index in [9.17, 15) is 13.2 Å². The van der Waals surface area contributed by atoms with Crippen LogP contribution in [-0.2, 0) is 0 Å². The largest absolute Gasteiger partial charge is 0.405 e. The predicted octanol–water partition coefficient (Wildman–Crippen LogP) is 2.12. The minimum absolute atomic E-state index is 0.0878. The first-order chi connectivity index (χ1) is 9.39. The lowest BCUT2D eigenvalue weighted by Crippen LogP contribution is -2.27. The van der Waals surface area contributed by atoms with E-state index in [2.05, 4.69) is 25.6 Å². The Kier molecular flexibility index (Phi) is 5.78. The van der Waals surface area contributed by atoms with Crippen LogP contribution in [0.4, 0.5) is 31.0 Å². The molecule has 0 bridgehead atoms. The Balaban J connectivity index is 2.97. The summed E-state index contributed by atoms with van der Waals surface area (Å²) in [5, 5.41) is 5.05. The van der Waals surface area contributed by atoms with Gasteiger partial charge in [-0.2, -0.15) is 28.1 Å². The quantitative estimate of drug-likeness (QED) is 0.802. The van der Waals surface area contributed by atoms with Crippen LogP contribution < -0.4 is 15.5 Å². The number of nitrogens with zero attached hydrogens (tertiary/aromatic N) is 4. The normalized spacial score (nSPS) is 11.3. The van der Waals surface area contributed by atoms with Gasteiger partial charge >= 0.3 is 6.18 Å². The highest BCUT2D eigenvalue weighted by Crippen LogP contribution is 2.17. The molecule has 0 radical (unpaired) electrons. The zero-order chi connectivity index (χ0) is 15.2. The summed E-state index contributed by atoms with van der Waals surface area (Å²) < 4.78 is 36.7. The van der Waals surface area contributed by atoms with E-state index in [1.54, 1.807) is 0 Å². The molecule has 0 saturated heterocycles. The second kappa shape index (κ2) is 7.11. The highest BCUT2D eigenvalue weighted by Gasteiger charge is 2.27. The van der Waals surface area contributed by atoms with Crippen LogP contribution in [0.25, 0.3) is 0 Å². The smallest absolute Gasteiger partial charge is 0.354 e. The average Bonchev–Trinajstić information content (AvgIpc) is 2.37. The van der Waals surface area contributed by atoms with Crippen LogP contribution >= 0.6 is 0 Å². The molecular formula is C11H19F3N6. The van der Waals surface area contributed by atoms with Crippen LogP contribution in [0.5, 0.6) is 0 Å². The van der Waals surface area contributed by atoms with Crippen molar-refractivity contribution in [2.24, 2.45) is 0 Å². The average molecular weight is 292 g/mol. The zero-order valence-corrected chi connectivity index (χ0v) is 11.8. The molecule has 0 unspecified atom stereocenters. The summed E-state index contributed by atoms with van der Waals surface area (Å²) in [5.41, 5.74) is 0. The number of rotatable bonds is 7.